The molecule has 3 nitrogen and oxygen atoms in total. The van der Waals surface area contributed by atoms with Gasteiger partial charge in [-0.15, -0.1) is 0 Å². The van der Waals surface area contributed by atoms with Crippen LogP contribution in [0.2, 0.25) is 0 Å². The smallest absolute Gasteiger partial charge is 0.0547 e. The number of ether oxygens (including phenoxy) is 1. The van der Waals surface area contributed by atoms with Gasteiger partial charge in [-0.2, -0.15) is 0 Å². The van der Waals surface area contributed by atoms with Crippen LogP contribution in [0, 0.1) is 10.8 Å². The van der Waals surface area contributed by atoms with Crippen LogP contribution in [0.4, 0.5) is 0 Å². The molecular formula is C17H34N2O. The van der Waals surface area contributed by atoms with E-state index in [0.717, 1.165) is 19.8 Å². The molecule has 1 unspecified atom stereocenters. The summed E-state index contributed by atoms with van der Waals surface area (Å²) in [6.45, 7) is 18.2. The standard InChI is InChI=1S/C17H34N2O/c1-15(2,3)18-12-17(8-11-20-14-17)13-19-9-6-16(4,5)7-10-19/h18H,6-14H2,1-5H3. The Morgan fingerprint density at radius 3 is 2.25 bits per heavy atom. The third-order valence-electron chi connectivity index (χ3n) is 4.95. The second kappa shape index (κ2) is 5.94. The summed E-state index contributed by atoms with van der Waals surface area (Å²) >= 11 is 0. The highest BCUT2D eigenvalue weighted by molar-refractivity contribution is 4.92. The minimum atomic E-state index is 0.194. The summed E-state index contributed by atoms with van der Waals surface area (Å²) in [5.74, 6) is 0. The summed E-state index contributed by atoms with van der Waals surface area (Å²) in [5.41, 5.74) is 1.06. The Kier molecular flexibility index (Phi) is 4.83. The summed E-state index contributed by atoms with van der Waals surface area (Å²) < 4.78 is 5.74. The second-order valence-corrected chi connectivity index (χ2v) is 8.85. The quantitative estimate of drug-likeness (QED) is 0.858. The SMILES string of the molecule is CC1(C)CCN(CC2(CNC(C)(C)C)CCOC2)CC1. The van der Waals surface area contributed by atoms with Crippen LogP contribution in [0.15, 0.2) is 0 Å². The topological polar surface area (TPSA) is 24.5 Å². The predicted octanol–water partition coefficient (Wildman–Crippen LogP) is 2.90. The summed E-state index contributed by atoms with van der Waals surface area (Å²) in [6.07, 6.45) is 3.86. The fourth-order valence-electron chi connectivity index (χ4n) is 3.21. The molecule has 2 saturated heterocycles. The lowest BCUT2D eigenvalue weighted by Gasteiger charge is -2.42. The third kappa shape index (κ3) is 4.71. The van der Waals surface area contributed by atoms with Gasteiger partial charge in [0.15, 0.2) is 0 Å². The Bertz CT molecular complexity index is 303. The van der Waals surface area contributed by atoms with Gasteiger partial charge in [-0.1, -0.05) is 13.8 Å². The Balaban J connectivity index is 1.89. The van der Waals surface area contributed by atoms with Gasteiger partial charge in [-0.3, -0.25) is 0 Å². The minimum Gasteiger partial charge on any atom is -0.381 e. The van der Waals surface area contributed by atoms with E-state index in [4.69, 9.17) is 4.74 Å². The number of piperidine rings is 1. The van der Waals surface area contributed by atoms with E-state index in [9.17, 15) is 0 Å². The molecule has 0 aliphatic carbocycles. The van der Waals surface area contributed by atoms with Gasteiger partial charge in [0.2, 0.25) is 0 Å². The van der Waals surface area contributed by atoms with E-state index in [1.54, 1.807) is 0 Å². The third-order valence-corrected chi connectivity index (χ3v) is 4.95. The maximum atomic E-state index is 5.74. The number of nitrogens with zero attached hydrogens (tertiary/aromatic N) is 1. The molecule has 2 rings (SSSR count). The van der Waals surface area contributed by atoms with E-state index in [1.165, 1.54) is 38.9 Å². The summed E-state index contributed by atoms with van der Waals surface area (Å²) in [7, 11) is 0. The van der Waals surface area contributed by atoms with Gasteiger partial charge in [0.05, 0.1) is 6.61 Å². The van der Waals surface area contributed by atoms with Crippen molar-refractivity contribution in [3.63, 3.8) is 0 Å². The molecule has 1 N–H and O–H groups in total. The van der Waals surface area contributed by atoms with Crippen LogP contribution in [0.3, 0.4) is 0 Å². The molecule has 0 aromatic rings. The maximum Gasteiger partial charge on any atom is 0.0547 e. The summed E-state index contributed by atoms with van der Waals surface area (Å²) in [6, 6.07) is 0. The van der Waals surface area contributed by atoms with Crippen LogP contribution in [-0.2, 0) is 4.74 Å². The normalized spacial score (nSPS) is 31.6. The van der Waals surface area contributed by atoms with Crippen molar-refractivity contribution in [1.82, 2.24) is 10.2 Å². The van der Waals surface area contributed by atoms with Gasteiger partial charge in [0.1, 0.15) is 0 Å². The van der Waals surface area contributed by atoms with Gasteiger partial charge < -0.3 is 15.0 Å². The molecule has 2 heterocycles. The van der Waals surface area contributed by atoms with E-state index in [1.807, 2.05) is 0 Å². The Labute approximate surface area is 125 Å². The fraction of sp³-hybridized carbons (Fsp3) is 1.00. The maximum absolute atomic E-state index is 5.74. The van der Waals surface area contributed by atoms with Crippen LogP contribution < -0.4 is 5.32 Å². The molecule has 0 saturated carbocycles. The van der Waals surface area contributed by atoms with Crippen molar-refractivity contribution >= 4 is 0 Å². The van der Waals surface area contributed by atoms with Crippen LogP contribution in [0.1, 0.15) is 53.9 Å². The lowest BCUT2D eigenvalue weighted by molar-refractivity contribution is 0.0659. The average molecular weight is 282 g/mol. The molecule has 0 aromatic heterocycles. The zero-order chi connectivity index (χ0) is 14.9. The Hall–Kier alpha value is -0.120. The number of hydrogen-bond donors (Lipinski definition) is 1. The minimum absolute atomic E-state index is 0.194. The number of hydrogen-bond acceptors (Lipinski definition) is 3. The molecule has 0 amide bonds. The van der Waals surface area contributed by atoms with Crippen molar-refractivity contribution in [3.05, 3.63) is 0 Å². The van der Waals surface area contributed by atoms with Gasteiger partial charge >= 0.3 is 0 Å². The molecular weight excluding hydrogens is 248 g/mol. The summed E-state index contributed by atoms with van der Waals surface area (Å²) in [4.78, 5) is 2.67. The van der Waals surface area contributed by atoms with Crippen molar-refractivity contribution in [3.8, 4) is 0 Å². The predicted molar refractivity (Wildman–Crippen MR) is 85.1 cm³/mol. The molecule has 1 atom stereocenters. The molecule has 0 bridgehead atoms. The first-order valence-electron chi connectivity index (χ1n) is 8.25. The molecule has 2 aliphatic heterocycles. The monoisotopic (exact) mass is 282 g/mol. The Morgan fingerprint density at radius 1 is 1.10 bits per heavy atom. The van der Waals surface area contributed by atoms with Crippen LogP contribution >= 0.6 is 0 Å². The fourth-order valence-corrected chi connectivity index (χ4v) is 3.21. The van der Waals surface area contributed by atoms with E-state index in [-0.39, 0.29) is 5.54 Å². The highest BCUT2D eigenvalue weighted by atomic mass is 16.5. The van der Waals surface area contributed by atoms with Crippen molar-refractivity contribution in [2.75, 3.05) is 39.4 Å². The number of likely N-dealkylation sites (tertiary alicyclic amines) is 1. The Morgan fingerprint density at radius 2 is 1.75 bits per heavy atom. The lowest BCUT2D eigenvalue weighted by Crippen LogP contribution is -2.51. The first kappa shape index (κ1) is 16.3. The van der Waals surface area contributed by atoms with E-state index >= 15 is 0 Å². The molecule has 2 fully saturated rings. The zero-order valence-electron chi connectivity index (χ0n) is 14.2. The first-order valence-corrected chi connectivity index (χ1v) is 8.25. The van der Waals surface area contributed by atoms with E-state index in [2.05, 4.69) is 44.8 Å². The second-order valence-electron chi connectivity index (χ2n) is 8.85. The molecule has 20 heavy (non-hydrogen) atoms. The van der Waals surface area contributed by atoms with Crippen LogP contribution in [0.25, 0.3) is 0 Å². The molecule has 0 spiro atoms. The molecule has 2 aliphatic rings. The largest absolute Gasteiger partial charge is 0.381 e. The molecule has 0 radical (unpaired) electrons. The van der Waals surface area contributed by atoms with Gasteiger partial charge in [0, 0.05) is 30.7 Å². The van der Waals surface area contributed by atoms with Crippen LogP contribution in [-0.4, -0.2) is 49.8 Å². The number of rotatable bonds is 4. The van der Waals surface area contributed by atoms with E-state index < -0.39 is 0 Å². The van der Waals surface area contributed by atoms with Gasteiger partial charge in [-0.05, 0) is 58.5 Å². The van der Waals surface area contributed by atoms with Crippen LogP contribution in [0.5, 0.6) is 0 Å². The van der Waals surface area contributed by atoms with Crippen molar-refractivity contribution in [1.29, 1.82) is 0 Å². The van der Waals surface area contributed by atoms with Crippen molar-refractivity contribution < 1.29 is 4.74 Å². The molecule has 0 aromatic carbocycles. The average Bonchev–Trinajstić information content (AvgIpc) is 2.78. The summed E-state index contributed by atoms with van der Waals surface area (Å²) in [5, 5.41) is 3.70. The van der Waals surface area contributed by atoms with Crippen molar-refractivity contribution in [2.45, 2.75) is 59.4 Å². The molecule has 118 valence electrons. The highest BCUT2D eigenvalue weighted by Crippen LogP contribution is 2.34. The molecule has 3 heteroatoms. The zero-order valence-corrected chi connectivity index (χ0v) is 14.2. The van der Waals surface area contributed by atoms with E-state index in [0.29, 0.717) is 10.8 Å². The number of nitrogens with one attached hydrogen (secondary N) is 1. The highest BCUT2D eigenvalue weighted by Gasteiger charge is 2.38. The first-order chi connectivity index (χ1) is 9.20. The van der Waals surface area contributed by atoms with Crippen molar-refractivity contribution in [2.24, 2.45) is 10.8 Å². The lowest BCUT2D eigenvalue weighted by atomic mass is 9.80. The van der Waals surface area contributed by atoms with Gasteiger partial charge in [0.25, 0.3) is 0 Å². The van der Waals surface area contributed by atoms with Gasteiger partial charge in [-0.25, -0.2) is 0 Å².